The van der Waals surface area contributed by atoms with Crippen LogP contribution in [-0.4, -0.2) is 24.0 Å². The molecule has 2 aliphatic rings. The van der Waals surface area contributed by atoms with Crippen molar-refractivity contribution in [3.63, 3.8) is 0 Å². The Hall–Kier alpha value is -3.12. The Bertz CT molecular complexity index is 1180. The van der Waals surface area contributed by atoms with E-state index in [0.717, 1.165) is 0 Å². The minimum absolute atomic E-state index is 0.00951. The van der Waals surface area contributed by atoms with E-state index in [1.165, 1.54) is 18.2 Å². The summed E-state index contributed by atoms with van der Waals surface area (Å²) >= 11 is 6.18. The van der Waals surface area contributed by atoms with Gasteiger partial charge in [-0.15, -0.1) is 0 Å². The Morgan fingerprint density at radius 1 is 1.00 bits per heavy atom. The van der Waals surface area contributed by atoms with E-state index < -0.39 is 11.6 Å². The minimum Gasteiger partial charge on any atom is -0.508 e. The second kappa shape index (κ2) is 5.69. The number of carbonyl (C=O) groups is 1. The summed E-state index contributed by atoms with van der Waals surface area (Å²) in [5.41, 5.74) is 1.10. The van der Waals surface area contributed by atoms with Gasteiger partial charge in [0.1, 0.15) is 23.0 Å². The topological polar surface area (TPSA) is 76.0 Å². The van der Waals surface area contributed by atoms with Gasteiger partial charge in [-0.3, -0.25) is 0 Å². The number of esters is 1. The summed E-state index contributed by atoms with van der Waals surface area (Å²) in [4.78, 5) is 12.7. The van der Waals surface area contributed by atoms with E-state index in [9.17, 15) is 15.0 Å². The molecule has 2 aliphatic heterocycles. The molecule has 0 fully saturated rings. The van der Waals surface area contributed by atoms with Gasteiger partial charge in [0.2, 0.25) is 0 Å². The molecule has 2 N–H and O–H groups in total. The summed E-state index contributed by atoms with van der Waals surface area (Å²) in [6.45, 7) is 0. The normalized spacial score (nSPS) is 18.8. The summed E-state index contributed by atoms with van der Waals surface area (Å²) in [6, 6.07) is 13.1. The molecule has 0 amide bonds. The Labute approximate surface area is 166 Å². The second-order valence-electron chi connectivity index (χ2n) is 6.66. The third-order valence-corrected chi connectivity index (χ3v) is 5.53. The van der Waals surface area contributed by atoms with Crippen molar-refractivity contribution in [2.24, 2.45) is 0 Å². The van der Waals surface area contributed by atoms with Crippen LogP contribution in [0.1, 0.15) is 32.6 Å². The lowest BCUT2D eigenvalue weighted by Crippen LogP contribution is -2.33. The largest absolute Gasteiger partial charge is 0.508 e. The van der Waals surface area contributed by atoms with Crippen molar-refractivity contribution in [2.75, 3.05) is 0 Å². The zero-order valence-corrected chi connectivity index (χ0v) is 15.2. The molecule has 2 heterocycles. The lowest BCUT2D eigenvalue weighted by molar-refractivity contribution is 0.0223. The number of rotatable bonds is 1. The second-order valence-corrected chi connectivity index (χ2v) is 7.07. The molecule has 0 aliphatic carbocycles. The average molecular weight is 391 g/mol. The van der Waals surface area contributed by atoms with Crippen molar-refractivity contribution in [1.29, 1.82) is 0 Å². The SMILES string of the molecule is [B]Cc1c(O)ccc2c1Oc1cc(O)c(Cl)cc1C21OC(=O)c2ccccc21. The molecule has 1 spiro atoms. The summed E-state index contributed by atoms with van der Waals surface area (Å²) in [7, 11) is 5.84. The van der Waals surface area contributed by atoms with E-state index in [2.05, 4.69) is 0 Å². The number of fused-ring (bicyclic) bond motifs is 6. The highest BCUT2D eigenvalue weighted by Gasteiger charge is 2.54. The van der Waals surface area contributed by atoms with Gasteiger partial charge in [-0.2, -0.15) is 0 Å². The predicted molar refractivity (Wildman–Crippen MR) is 102 cm³/mol. The van der Waals surface area contributed by atoms with Gasteiger partial charge in [0.25, 0.3) is 0 Å². The highest BCUT2D eigenvalue weighted by molar-refractivity contribution is 6.32. The lowest BCUT2D eigenvalue weighted by atomic mass is 9.76. The molecule has 5 rings (SSSR count). The molecule has 5 nitrogen and oxygen atoms in total. The number of halogens is 1. The number of hydrogen-bond donors (Lipinski definition) is 2. The summed E-state index contributed by atoms with van der Waals surface area (Å²) in [5, 5.41) is 20.4. The highest BCUT2D eigenvalue weighted by atomic mass is 35.5. The van der Waals surface area contributed by atoms with Crippen LogP contribution in [0.4, 0.5) is 0 Å². The third kappa shape index (κ3) is 2.01. The van der Waals surface area contributed by atoms with Crippen LogP contribution in [0.2, 0.25) is 5.02 Å². The van der Waals surface area contributed by atoms with Gasteiger partial charge in [0.05, 0.1) is 18.4 Å². The molecule has 0 saturated heterocycles. The van der Waals surface area contributed by atoms with Gasteiger partial charge in [-0.25, -0.2) is 4.79 Å². The molecule has 0 saturated carbocycles. The number of benzene rings is 3. The maximum absolute atomic E-state index is 12.7. The predicted octanol–water partition coefficient (Wildman–Crippen LogP) is 3.99. The molecular formula is C21H12BClO5. The van der Waals surface area contributed by atoms with E-state index >= 15 is 0 Å². The van der Waals surface area contributed by atoms with E-state index in [1.807, 2.05) is 6.07 Å². The molecule has 3 aromatic rings. The Kier molecular flexibility index (Phi) is 3.46. The molecule has 0 bridgehead atoms. The van der Waals surface area contributed by atoms with Crippen LogP contribution in [-0.2, 0) is 16.7 Å². The first-order valence-corrected chi connectivity index (χ1v) is 8.94. The Balaban J connectivity index is 1.94. The molecule has 28 heavy (non-hydrogen) atoms. The first kappa shape index (κ1) is 17.0. The van der Waals surface area contributed by atoms with Crippen LogP contribution in [0.25, 0.3) is 0 Å². The van der Waals surface area contributed by atoms with Crippen molar-refractivity contribution in [3.8, 4) is 23.0 Å². The summed E-state index contributed by atoms with van der Waals surface area (Å²) < 4.78 is 12.0. The lowest BCUT2D eigenvalue weighted by Gasteiger charge is -2.37. The zero-order valence-electron chi connectivity index (χ0n) is 14.4. The van der Waals surface area contributed by atoms with E-state index in [0.29, 0.717) is 33.6 Å². The van der Waals surface area contributed by atoms with Crippen molar-refractivity contribution < 1.29 is 24.5 Å². The summed E-state index contributed by atoms with van der Waals surface area (Å²) in [5.74, 6) is -0.136. The highest BCUT2D eigenvalue weighted by Crippen LogP contribution is 2.58. The number of aromatic hydroxyl groups is 2. The van der Waals surface area contributed by atoms with Crippen LogP contribution < -0.4 is 4.74 Å². The first-order valence-electron chi connectivity index (χ1n) is 8.56. The fourth-order valence-electron chi connectivity index (χ4n) is 3.98. The van der Waals surface area contributed by atoms with Crippen LogP contribution in [0, 0.1) is 0 Å². The van der Waals surface area contributed by atoms with Crippen molar-refractivity contribution >= 4 is 25.4 Å². The quantitative estimate of drug-likeness (QED) is 0.485. The fourth-order valence-corrected chi connectivity index (χ4v) is 4.15. The molecule has 1 unspecified atom stereocenters. The van der Waals surface area contributed by atoms with Crippen molar-refractivity contribution in [2.45, 2.75) is 11.9 Å². The average Bonchev–Trinajstić information content (AvgIpc) is 2.97. The van der Waals surface area contributed by atoms with Gasteiger partial charge in [-0.05, 0) is 24.3 Å². The summed E-state index contributed by atoms with van der Waals surface area (Å²) in [6.07, 6.45) is 0.00951. The molecule has 7 heteroatoms. The van der Waals surface area contributed by atoms with Crippen LogP contribution in [0.5, 0.6) is 23.0 Å². The van der Waals surface area contributed by atoms with Crippen molar-refractivity contribution in [1.82, 2.24) is 0 Å². The maximum atomic E-state index is 12.7. The third-order valence-electron chi connectivity index (χ3n) is 5.23. The Morgan fingerprint density at radius 3 is 2.57 bits per heavy atom. The van der Waals surface area contributed by atoms with Crippen LogP contribution in [0.3, 0.4) is 0 Å². The number of ether oxygens (including phenoxy) is 2. The van der Waals surface area contributed by atoms with Crippen LogP contribution >= 0.6 is 11.6 Å². The monoisotopic (exact) mass is 390 g/mol. The van der Waals surface area contributed by atoms with E-state index in [-0.39, 0.29) is 28.6 Å². The number of hydrogen-bond acceptors (Lipinski definition) is 5. The van der Waals surface area contributed by atoms with Gasteiger partial charge >= 0.3 is 5.97 Å². The molecule has 3 aromatic carbocycles. The number of carbonyl (C=O) groups excluding carboxylic acids is 1. The van der Waals surface area contributed by atoms with Crippen molar-refractivity contribution in [3.05, 3.63) is 81.4 Å². The zero-order chi connectivity index (χ0) is 19.6. The maximum Gasteiger partial charge on any atom is 0.340 e. The minimum atomic E-state index is -1.33. The molecule has 2 radical (unpaired) electrons. The standard InChI is InChI=1S/C21H12BClO5/c22-9-11-16(24)6-5-13-19(11)27-18-8-17(25)15(23)7-14(18)21(13)12-4-2-1-3-10(12)20(26)28-21/h1-8,24-25H,9H2. The Morgan fingerprint density at radius 2 is 1.79 bits per heavy atom. The smallest absolute Gasteiger partial charge is 0.340 e. The number of phenols is 2. The van der Waals surface area contributed by atoms with Gasteiger partial charge in [0.15, 0.2) is 5.60 Å². The first-order chi connectivity index (χ1) is 13.5. The fraction of sp³-hybridized carbons (Fsp3) is 0.0952. The molecule has 136 valence electrons. The van der Waals surface area contributed by atoms with Gasteiger partial charge in [-0.1, -0.05) is 36.1 Å². The van der Waals surface area contributed by atoms with Crippen LogP contribution in [0.15, 0.2) is 48.5 Å². The molecular weight excluding hydrogens is 378 g/mol. The van der Waals surface area contributed by atoms with E-state index in [1.54, 1.807) is 24.3 Å². The number of phenolic OH excluding ortho intramolecular Hbond substituents is 2. The molecule has 1 atom stereocenters. The van der Waals surface area contributed by atoms with E-state index in [4.69, 9.17) is 28.9 Å². The molecule has 0 aromatic heterocycles. The van der Waals surface area contributed by atoms with Gasteiger partial charge < -0.3 is 19.7 Å². The van der Waals surface area contributed by atoms with Gasteiger partial charge in [0, 0.05) is 28.3 Å².